The first kappa shape index (κ1) is 20.3. The Morgan fingerprint density at radius 2 is 1.65 bits per heavy atom. The van der Waals surface area contributed by atoms with E-state index in [1.54, 1.807) is 0 Å². The maximum atomic E-state index is 12.3. The first-order valence-electron chi connectivity index (χ1n) is 9.19. The quantitative estimate of drug-likeness (QED) is 0.592. The first-order chi connectivity index (χ1) is 10.5. The van der Waals surface area contributed by atoms with Crippen LogP contribution < -0.4 is 0 Å². The van der Waals surface area contributed by atoms with E-state index in [1.165, 1.54) is 0 Å². The molecule has 1 aliphatic carbocycles. The monoisotopic (exact) mass is 324 g/mol. The van der Waals surface area contributed by atoms with Crippen molar-refractivity contribution in [1.82, 2.24) is 0 Å². The lowest BCUT2D eigenvalue weighted by molar-refractivity contribution is -0.130. The molecule has 0 N–H and O–H groups in total. The molecule has 1 rings (SSSR count). The number of carbonyl (C=O) groups is 2. The Balaban J connectivity index is 2.20. The Morgan fingerprint density at radius 1 is 1.00 bits per heavy atom. The number of hydrogen-bond donors (Lipinski definition) is 0. The molecule has 0 saturated heterocycles. The van der Waals surface area contributed by atoms with Gasteiger partial charge < -0.3 is 4.74 Å². The molecule has 0 aromatic carbocycles. The van der Waals surface area contributed by atoms with Gasteiger partial charge in [-0.25, -0.2) is 0 Å². The zero-order chi connectivity index (χ0) is 17.7. The summed E-state index contributed by atoms with van der Waals surface area (Å²) in [6.45, 7) is 12.9. The molecular weight excluding hydrogens is 288 g/mol. The number of rotatable bonds is 8. The third kappa shape index (κ3) is 8.10. The maximum absolute atomic E-state index is 12.3. The summed E-state index contributed by atoms with van der Waals surface area (Å²) in [6, 6.07) is 0. The van der Waals surface area contributed by atoms with Crippen LogP contribution in [0.25, 0.3) is 0 Å². The fourth-order valence-electron chi connectivity index (χ4n) is 3.34. The first-order valence-corrected chi connectivity index (χ1v) is 9.19. The van der Waals surface area contributed by atoms with Gasteiger partial charge in [-0.05, 0) is 58.8 Å². The summed E-state index contributed by atoms with van der Waals surface area (Å²) < 4.78 is 5.67. The van der Waals surface area contributed by atoms with Crippen LogP contribution in [0.5, 0.6) is 0 Å². The molecule has 2 atom stereocenters. The standard InChI is InChI=1S/C20H36O3/c1-19(2,3)18(22)16-11-10-15(13-16)14-17(21)9-7-8-12-23-20(4,5)6/h15-16H,7-14H2,1-6H3. The van der Waals surface area contributed by atoms with Crippen molar-refractivity contribution in [3.05, 3.63) is 0 Å². The highest BCUT2D eigenvalue weighted by Gasteiger charge is 2.35. The number of Topliss-reactive ketones (excluding diaryl/α,β-unsaturated/α-hetero) is 2. The lowest BCUT2D eigenvalue weighted by atomic mass is 9.82. The van der Waals surface area contributed by atoms with Crippen molar-refractivity contribution in [2.24, 2.45) is 17.3 Å². The largest absolute Gasteiger partial charge is 0.376 e. The minimum Gasteiger partial charge on any atom is -0.376 e. The van der Waals surface area contributed by atoms with E-state index in [9.17, 15) is 9.59 Å². The van der Waals surface area contributed by atoms with Gasteiger partial charge in [-0.15, -0.1) is 0 Å². The molecule has 0 heterocycles. The SMILES string of the molecule is CC(C)(C)OCCCCC(=O)CC1CCC(C(=O)C(C)(C)C)C1. The van der Waals surface area contributed by atoms with Gasteiger partial charge in [0.1, 0.15) is 11.6 Å². The Labute approximate surface area is 142 Å². The third-order valence-electron chi connectivity index (χ3n) is 4.55. The number of carbonyl (C=O) groups excluding carboxylic acids is 2. The molecule has 23 heavy (non-hydrogen) atoms. The number of unbranched alkanes of at least 4 members (excludes halogenated alkanes) is 1. The van der Waals surface area contributed by atoms with Crippen LogP contribution in [0, 0.1) is 17.3 Å². The van der Waals surface area contributed by atoms with Crippen molar-refractivity contribution < 1.29 is 14.3 Å². The molecule has 3 nitrogen and oxygen atoms in total. The van der Waals surface area contributed by atoms with Crippen molar-refractivity contribution in [1.29, 1.82) is 0 Å². The minimum atomic E-state index is -0.253. The summed E-state index contributed by atoms with van der Waals surface area (Å²) in [7, 11) is 0. The van der Waals surface area contributed by atoms with Crippen LogP contribution in [0.2, 0.25) is 0 Å². The van der Waals surface area contributed by atoms with Gasteiger partial charge in [-0.3, -0.25) is 9.59 Å². The van der Waals surface area contributed by atoms with Crippen molar-refractivity contribution in [2.75, 3.05) is 6.61 Å². The van der Waals surface area contributed by atoms with E-state index in [1.807, 2.05) is 41.5 Å². The lowest BCUT2D eigenvalue weighted by Crippen LogP contribution is -2.27. The molecule has 0 aromatic heterocycles. The highest BCUT2D eigenvalue weighted by atomic mass is 16.5. The lowest BCUT2D eigenvalue weighted by Gasteiger charge is -2.21. The average Bonchev–Trinajstić information content (AvgIpc) is 2.83. The normalized spacial score (nSPS) is 22.3. The van der Waals surface area contributed by atoms with Crippen molar-refractivity contribution in [3.63, 3.8) is 0 Å². The van der Waals surface area contributed by atoms with Gasteiger partial charge in [0.2, 0.25) is 0 Å². The van der Waals surface area contributed by atoms with E-state index >= 15 is 0 Å². The molecular formula is C20H36O3. The van der Waals surface area contributed by atoms with E-state index in [-0.39, 0.29) is 16.9 Å². The molecule has 0 spiro atoms. The van der Waals surface area contributed by atoms with Gasteiger partial charge >= 0.3 is 0 Å². The van der Waals surface area contributed by atoms with Crippen LogP contribution in [0.3, 0.4) is 0 Å². The van der Waals surface area contributed by atoms with Crippen molar-refractivity contribution >= 4 is 11.6 Å². The van der Waals surface area contributed by atoms with Crippen LogP contribution in [0.15, 0.2) is 0 Å². The Kier molecular flexibility index (Phi) is 7.44. The molecule has 0 bridgehead atoms. The van der Waals surface area contributed by atoms with Gasteiger partial charge in [0.25, 0.3) is 0 Å². The fourth-order valence-corrected chi connectivity index (χ4v) is 3.34. The maximum Gasteiger partial charge on any atom is 0.141 e. The zero-order valence-corrected chi connectivity index (χ0v) is 16.0. The third-order valence-corrected chi connectivity index (χ3v) is 4.55. The summed E-state index contributed by atoms with van der Waals surface area (Å²) in [4.78, 5) is 24.4. The van der Waals surface area contributed by atoms with Gasteiger partial charge in [-0.2, -0.15) is 0 Å². The van der Waals surface area contributed by atoms with E-state index < -0.39 is 0 Å². The van der Waals surface area contributed by atoms with Crippen LogP contribution in [-0.2, 0) is 14.3 Å². The Hall–Kier alpha value is -0.700. The number of ketones is 2. The molecule has 0 radical (unpaired) electrons. The van der Waals surface area contributed by atoms with Crippen molar-refractivity contribution in [2.45, 2.75) is 92.1 Å². The Morgan fingerprint density at radius 3 is 2.22 bits per heavy atom. The second-order valence-corrected chi connectivity index (χ2v) is 9.15. The average molecular weight is 325 g/mol. The number of ether oxygens (including phenoxy) is 1. The highest BCUT2D eigenvalue weighted by Crippen LogP contribution is 2.37. The summed E-state index contributed by atoms with van der Waals surface area (Å²) in [5.41, 5.74) is -0.348. The topological polar surface area (TPSA) is 43.4 Å². The molecule has 1 fully saturated rings. The predicted molar refractivity (Wildman–Crippen MR) is 94.5 cm³/mol. The summed E-state index contributed by atoms with van der Waals surface area (Å²) in [5, 5.41) is 0. The van der Waals surface area contributed by atoms with E-state index in [4.69, 9.17) is 4.74 Å². The van der Waals surface area contributed by atoms with Crippen LogP contribution in [0.1, 0.15) is 86.5 Å². The molecule has 134 valence electrons. The van der Waals surface area contributed by atoms with Gasteiger partial charge in [0, 0.05) is 30.8 Å². The summed E-state index contributed by atoms with van der Waals surface area (Å²) in [6.07, 6.45) is 6.08. The van der Waals surface area contributed by atoms with Crippen LogP contribution >= 0.6 is 0 Å². The Bertz CT molecular complexity index is 398. The molecule has 0 amide bonds. The van der Waals surface area contributed by atoms with Crippen LogP contribution in [-0.4, -0.2) is 23.8 Å². The number of hydrogen-bond acceptors (Lipinski definition) is 3. The highest BCUT2D eigenvalue weighted by molar-refractivity contribution is 5.86. The van der Waals surface area contributed by atoms with Gasteiger partial charge in [-0.1, -0.05) is 20.8 Å². The fraction of sp³-hybridized carbons (Fsp3) is 0.900. The summed E-state index contributed by atoms with van der Waals surface area (Å²) in [5.74, 6) is 1.32. The summed E-state index contributed by atoms with van der Waals surface area (Å²) >= 11 is 0. The van der Waals surface area contributed by atoms with E-state index in [0.717, 1.165) is 38.7 Å². The van der Waals surface area contributed by atoms with E-state index in [0.29, 0.717) is 30.3 Å². The second kappa shape index (κ2) is 8.41. The predicted octanol–water partition coefficient (Wildman–Crippen LogP) is 4.96. The van der Waals surface area contributed by atoms with Gasteiger partial charge in [0.05, 0.1) is 5.60 Å². The smallest absolute Gasteiger partial charge is 0.141 e. The second-order valence-electron chi connectivity index (χ2n) is 9.15. The molecule has 2 unspecified atom stereocenters. The molecule has 0 aromatic rings. The zero-order valence-electron chi connectivity index (χ0n) is 16.0. The van der Waals surface area contributed by atoms with Crippen LogP contribution in [0.4, 0.5) is 0 Å². The minimum absolute atomic E-state index is 0.0948. The van der Waals surface area contributed by atoms with Crippen molar-refractivity contribution in [3.8, 4) is 0 Å². The molecule has 1 aliphatic rings. The molecule has 3 heteroatoms. The van der Waals surface area contributed by atoms with E-state index in [2.05, 4.69) is 0 Å². The van der Waals surface area contributed by atoms with Gasteiger partial charge in [0.15, 0.2) is 0 Å². The molecule has 1 saturated carbocycles. The molecule has 0 aliphatic heterocycles.